The van der Waals surface area contributed by atoms with E-state index in [9.17, 15) is 19.5 Å². The molecule has 2 aromatic carbocycles. The molecule has 2 unspecified atom stereocenters. The van der Waals surface area contributed by atoms with Crippen LogP contribution in [-0.2, 0) is 14.3 Å². The summed E-state index contributed by atoms with van der Waals surface area (Å²) >= 11 is 1.54. The highest BCUT2D eigenvalue weighted by Gasteiger charge is 2.31. The van der Waals surface area contributed by atoms with Gasteiger partial charge in [0.05, 0.1) is 0 Å². The molecule has 3 atom stereocenters. The number of aliphatic carboxylic acids is 1. The van der Waals surface area contributed by atoms with Crippen LogP contribution in [0.5, 0.6) is 0 Å². The molecule has 0 radical (unpaired) electrons. The Kier molecular flexibility index (Phi) is 8.98. The highest BCUT2D eigenvalue weighted by Crippen LogP contribution is 2.44. The van der Waals surface area contributed by atoms with E-state index in [4.69, 9.17) is 4.74 Å². The number of ether oxygens (including phenoxy) is 1. The van der Waals surface area contributed by atoms with Crippen molar-refractivity contribution in [3.8, 4) is 11.1 Å². The average molecular weight is 485 g/mol. The van der Waals surface area contributed by atoms with Gasteiger partial charge < -0.3 is 20.5 Å². The first-order valence-electron chi connectivity index (χ1n) is 11.5. The first-order chi connectivity index (χ1) is 16.4. The van der Waals surface area contributed by atoms with Crippen molar-refractivity contribution in [1.29, 1.82) is 0 Å². The lowest BCUT2D eigenvalue weighted by Crippen LogP contribution is -2.53. The number of benzene rings is 2. The molecule has 8 heteroatoms. The van der Waals surface area contributed by atoms with Crippen LogP contribution in [0.3, 0.4) is 0 Å². The summed E-state index contributed by atoms with van der Waals surface area (Å²) in [7, 11) is 0. The maximum atomic E-state index is 12.9. The van der Waals surface area contributed by atoms with Crippen LogP contribution in [0, 0.1) is 5.92 Å². The van der Waals surface area contributed by atoms with Gasteiger partial charge in [0.15, 0.2) is 0 Å². The number of hydrogen-bond acceptors (Lipinski definition) is 5. The molecule has 34 heavy (non-hydrogen) atoms. The molecule has 3 rings (SSSR count). The number of hydrogen-bond donors (Lipinski definition) is 3. The summed E-state index contributed by atoms with van der Waals surface area (Å²) in [5, 5.41) is 14.7. The number of rotatable bonds is 11. The summed E-state index contributed by atoms with van der Waals surface area (Å²) in [5.41, 5.74) is 4.47. The maximum Gasteiger partial charge on any atom is 0.407 e. The Balaban J connectivity index is 1.66. The van der Waals surface area contributed by atoms with Crippen LogP contribution in [0.2, 0.25) is 0 Å². The quantitative estimate of drug-likeness (QED) is 0.440. The van der Waals surface area contributed by atoms with Crippen molar-refractivity contribution in [2.75, 3.05) is 18.6 Å². The number of alkyl carbamates (subject to hydrolysis) is 1. The summed E-state index contributed by atoms with van der Waals surface area (Å²) in [6.45, 7) is 3.78. The fraction of sp³-hybridized carbons (Fsp3) is 0.423. The molecular formula is C26H32N2O5S. The van der Waals surface area contributed by atoms with Crippen LogP contribution in [-0.4, -0.2) is 53.8 Å². The minimum atomic E-state index is -1.09. The monoisotopic (exact) mass is 484 g/mol. The number of amides is 2. The topological polar surface area (TPSA) is 105 Å². The highest BCUT2D eigenvalue weighted by atomic mass is 32.2. The lowest BCUT2D eigenvalue weighted by Gasteiger charge is -2.24. The van der Waals surface area contributed by atoms with Crippen LogP contribution in [0.15, 0.2) is 48.5 Å². The van der Waals surface area contributed by atoms with E-state index in [0.717, 1.165) is 22.3 Å². The van der Waals surface area contributed by atoms with Gasteiger partial charge in [-0.05, 0) is 46.6 Å². The molecule has 2 aromatic rings. The van der Waals surface area contributed by atoms with Gasteiger partial charge in [0.25, 0.3) is 0 Å². The summed E-state index contributed by atoms with van der Waals surface area (Å²) in [6, 6.07) is 14.2. The molecule has 7 nitrogen and oxygen atoms in total. The molecule has 182 valence electrons. The van der Waals surface area contributed by atoms with E-state index in [2.05, 4.69) is 22.8 Å². The molecule has 2 amide bonds. The minimum absolute atomic E-state index is 0.0848. The molecule has 1 aliphatic rings. The Morgan fingerprint density at radius 1 is 1.03 bits per heavy atom. The van der Waals surface area contributed by atoms with Gasteiger partial charge in [0, 0.05) is 5.92 Å². The third-order valence-electron chi connectivity index (χ3n) is 6.34. The van der Waals surface area contributed by atoms with Gasteiger partial charge in [0.1, 0.15) is 18.7 Å². The van der Waals surface area contributed by atoms with Gasteiger partial charge >= 0.3 is 12.1 Å². The molecule has 0 aliphatic heterocycles. The van der Waals surface area contributed by atoms with Gasteiger partial charge in [-0.2, -0.15) is 11.8 Å². The van der Waals surface area contributed by atoms with Crippen LogP contribution in [0.25, 0.3) is 11.1 Å². The van der Waals surface area contributed by atoms with Gasteiger partial charge in [-0.25, -0.2) is 9.59 Å². The summed E-state index contributed by atoms with van der Waals surface area (Å²) < 4.78 is 5.57. The Bertz CT molecular complexity index is 982. The van der Waals surface area contributed by atoms with E-state index >= 15 is 0 Å². The smallest absolute Gasteiger partial charge is 0.407 e. The molecule has 0 aromatic heterocycles. The maximum absolute atomic E-state index is 12.9. The largest absolute Gasteiger partial charge is 0.480 e. The predicted octanol–water partition coefficient (Wildman–Crippen LogP) is 4.26. The first kappa shape index (κ1) is 25.6. The van der Waals surface area contributed by atoms with Crippen molar-refractivity contribution in [2.24, 2.45) is 5.92 Å². The van der Waals surface area contributed by atoms with Crippen molar-refractivity contribution >= 4 is 29.7 Å². The number of fused-ring (bicyclic) bond motifs is 3. The van der Waals surface area contributed by atoms with E-state index < -0.39 is 30.1 Å². The molecule has 0 fully saturated rings. The molecule has 0 spiro atoms. The van der Waals surface area contributed by atoms with Crippen molar-refractivity contribution in [2.45, 2.75) is 44.7 Å². The second kappa shape index (κ2) is 11.9. The van der Waals surface area contributed by atoms with E-state index in [1.165, 1.54) is 0 Å². The molecule has 3 N–H and O–H groups in total. The summed E-state index contributed by atoms with van der Waals surface area (Å²) in [6.07, 6.45) is 2.18. The molecular weight excluding hydrogens is 452 g/mol. The van der Waals surface area contributed by atoms with E-state index in [1.807, 2.05) is 49.6 Å². The summed E-state index contributed by atoms with van der Waals surface area (Å²) in [5.74, 6) is -1.30. The highest BCUT2D eigenvalue weighted by molar-refractivity contribution is 7.98. The third kappa shape index (κ3) is 5.91. The van der Waals surface area contributed by atoms with Gasteiger partial charge in [-0.3, -0.25) is 4.79 Å². The number of thioether (sulfide) groups is 1. The first-order valence-corrected chi connectivity index (χ1v) is 12.9. The zero-order chi connectivity index (χ0) is 24.7. The number of carboxylic acids is 1. The van der Waals surface area contributed by atoms with E-state index in [-0.39, 0.29) is 18.4 Å². The van der Waals surface area contributed by atoms with Crippen molar-refractivity contribution in [3.05, 3.63) is 59.7 Å². The second-order valence-corrected chi connectivity index (χ2v) is 9.50. The molecule has 0 saturated heterocycles. The molecule has 0 saturated carbocycles. The Morgan fingerprint density at radius 2 is 1.62 bits per heavy atom. The lowest BCUT2D eigenvalue weighted by atomic mass is 9.98. The third-order valence-corrected chi connectivity index (χ3v) is 6.98. The van der Waals surface area contributed by atoms with Gasteiger partial charge in [-0.15, -0.1) is 0 Å². The number of carboxylic acid groups (broad SMARTS) is 1. The lowest BCUT2D eigenvalue weighted by molar-refractivity contribution is -0.143. The Morgan fingerprint density at radius 3 is 2.15 bits per heavy atom. The van der Waals surface area contributed by atoms with Crippen molar-refractivity contribution in [1.82, 2.24) is 10.6 Å². The van der Waals surface area contributed by atoms with Gasteiger partial charge in [-0.1, -0.05) is 68.8 Å². The van der Waals surface area contributed by atoms with Gasteiger partial charge in [0.2, 0.25) is 5.91 Å². The summed E-state index contributed by atoms with van der Waals surface area (Å²) in [4.78, 5) is 37.1. The van der Waals surface area contributed by atoms with E-state index in [0.29, 0.717) is 18.6 Å². The normalized spacial score (nSPS) is 14.9. The fourth-order valence-corrected chi connectivity index (χ4v) is 4.70. The average Bonchev–Trinajstić information content (AvgIpc) is 3.16. The zero-order valence-corrected chi connectivity index (χ0v) is 20.6. The Labute approximate surface area is 204 Å². The Hall–Kier alpha value is -3.00. The molecule has 0 bridgehead atoms. The van der Waals surface area contributed by atoms with E-state index in [1.54, 1.807) is 18.7 Å². The second-order valence-electron chi connectivity index (χ2n) is 8.51. The zero-order valence-electron chi connectivity index (χ0n) is 19.7. The van der Waals surface area contributed by atoms with Crippen LogP contribution in [0.1, 0.15) is 43.7 Å². The molecule has 1 aliphatic carbocycles. The number of nitrogens with one attached hydrogen (secondary N) is 2. The SMILES string of the molecule is CCC(C)C(NC(=O)[C@@H](CCSC)NC(=O)OCC1c2ccccc2-c2ccccc21)C(=O)O. The standard InChI is InChI=1S/C26H32N2O5S/c1-4-16(2)23(25(30)31)28-24(29)22(13-14-34-3)27-26(32)33-15-21-19-11-7-5-9-17(19)18-10-6-8-12-20(18)21/h5-12,16,21-23H,4,13-15H2,1-3H3,(H,27,32)(H,28,29)(H,30,31)/t16?,22-,23?/m1/s1. The predicted molar refractivity (Wildman–Crippen MR) is 134 cm³/mol. The molecule has 0 heterocycles. The number of carbonyl (C=O) groups excluding carboxylic acids is 2. The number of carbonyl (C=O) groups is 3. The van der Waals surface area contributed by atoms with Crippen LogP contribution in [0.4, 0.5) is 4.79 Å². The van der Waals surface area contributed by atoms with Crippen molar-refractivity contribution < 1.29 is 24.2 Å². The fourth-order valence-electron chi connectivity index (χ4n) is 4.22. The van der Waals surface area contributed by atoms with Crippen LogP contribution < -0.4 is 10.6 Å². The minimum Gasteiger partial charge on any atom is -0.480 e. The van der Waals surface area contributed by atoms with Crippen LogP contribution >= 0.6 is 11.8 Å². The van der Waals surface area contributed by atoms with Crippen molar-refractivity contribution in [3.63, 3.8) is 0 Å².